The van der Waals surface area contributed by atoms with Gasteiger partial charge >= 0.3 is 11.9 Å². The first-order chi connectivity index (χ1) is 14.4. The van der Waals surface area contributed by atoms with Crippen LogP contribution in [0.2, 0.25) is 0 Å². The second-order valence-corrected chi connectivity index (χ2v) is 11.0. The molecule has 0 aliphatic carbocycles. The summed E-state index contributed by atoms with van der Waals surface area (Å²) < 4.78 is 30.9. The number of carboxylic acids is 1. The summed E-state index contributed by atoms with van der Waals surface area (Å²) in [7, 11) is -3.68. The van der Waals surface area contributed by atoms with Gasteiger partial charge in [0.2, 0.25) is 5.91 Å². The lowest BCUT2D eigenvalue weighted by atomic mass is 10.0. The van der Waals surface area contributed by atoms with E-state index < -0.39 is 51.0 Å². The van der Waals surface area contributed by atoms with Gasteiger partial charge in [0.15, 0.2) is 9.84 Å². The largest absolute Gasteiger partial charge is 0.480 e. The number of carbonyl (C=O) groups is 3. The molecule has 9 heteroatoms. The van der Waals surface area contributed by atoms with Crippen molar-refractivity contribution in [3.8, 4) is 0 Å². The van der Waals surface area contributed by atoms with Gasteiger partial charge in [-0.3, -0.25) is 9.59 Å². The Kier molecular flexibility index (Phi) is 8.22. The number of rotatable bonds is 9. The van der Waals surface area contributed by atoms with Crippen molar-refractivity contribution in [2.24, 2.45) is 5.92 Å². The molecule has 2 rings (SSSR count). The number of aliphatic carboxylic acids is 1. The predicted molar refractivity (Wildman–Crippen MR) is 115 cm³/mol. The number of esters is 1. The smallest absolute Gasteiger partial charge is 0.326 e. The van der Waals surface area contributed by atoms with Crippen LogP contribution < -0.4 is 0 Å². The Morgan fingerprint density at radius 3 is 2.42 bits per heavy atom. The number of ether oxygens (including phenoxy) is 1. The number of carbonyl (C=O) groups excluding carboxylic acids is 2. The van der Waals surface area contributed by atoms with Crippen molar-refractivity contribution in [1.29, 1.82) is 0 Å². The van der Waals surface area contributed by atoms with E-state index in [9.17, 15) is 27.9 Å². The van der Waals surface area contributed by atoms with Crippen molar-refractivity contribution in [1.82, 2.24) is 4.90 Å². The summed E-state index contributed by atoms with van der Waals surface area (Å²) >= 11 is 0. The van der Waals surface area contributed by atoms with E-state index in [1.54, 1.807) is 51.1 Å². The molecule has 1 saturated heterocycles. The Balaban J connectivity index is 2.17. The molecule has 0 unspecified atom stereocenters. The molecule has 1 aromatic rings. The van der Waals surface area contributed by atoms with E-state index in [-0.39, 0.29) is 25.1 Å². The summed E-state index contributed by atoms with van der Waals surface area (Å²) in [6.07, 6.45) is 0.722. The SMILES string of the molecule is CC(C)(C)OC(=O)CC[C@@H](CS(=O)(=O)Cc1ccccc1)C(=O)N1CCC[C@H]1C(=O)O. The normalized spacial score (nSPS) is 17.9. The molecule has 0 saturated carbocycles. The van der Waals surface area contributed by atoms with Crippen molar-refractivity contribution in [2.75, 3.05) is 12.3 Å². The fourth-order valence-corrected chi connectivity index (χ4v) is 5.42. The first-order valence-electron chi connectivity index (χ1n) is 10.4. The molecule has 1 fully saturated rings. The van der Waals surface area contributed by atoms with Crippen molar-refractivity contribution >= 4 is 27.7 Å². The highest BCUT2D eigenvalue weighted by molar-refractivity contribution is 7.90. The van der Waals surface area contributed by atoms with Gasteiger partial charge in [0.05, 0.1) is 17.4 Å². The van der Waals surface area contributed by atoms with E-state index >= 15 is 0 Å². The van der Waals surface area contributed by atoms with Crippen molar-refractivity contribution in [2.45, 2.75) is 63.9 Å². The van der Waals surface area contributed by atoms with Crippen LogP contribution in [0.15, 0.2) is 30.3 Å². The minimum absolute atomic E-state index is 0.0232. The maximum absolute atomic E-state index is 13.1. The van der Waals surface area contributed by atoms with Gasteiger partial charge in [-0.25, -0.2) is 13.2 Å². The Labute approximate surface area is 183 Å². The van der Waals surface area contributed by atoms with Crippen LogP contribution in [0, 0.1) is 5.92 Å². The third-order valence-corrected chi connectivity index (χ3v) is 6.66. The van der Waals surface area contributed by atoms with E-state index in [0.717, 1.165) is 0 Å². The second kappa shape index (κ2) is 10.3. The van der Waals surface area contributed by atoms with E-state index in [1.807, 2.05) is 0 Å². The molecule has 31 heavy (non-hydrogen) atoms. The molecule has 1 aromatic carbocycles. The van der Waals surface area contributed by atoms with Crippen LogP contribution in [0.5, 0.6) is 0 Å². The quantitative estimate of drug-likeness (QED) is 0.571. The Bertz CT molecular complexity index is 890. The van der Waals surface area contributed by atoms with Gasteiger partial charge in [0, 0.05) is 13.0 Å². The van der Waals surface area contributed by atoms with Gasteiger partial charge in [-0.1, -0.05) is 30.3 Å². The lowest BCUT2D eigenvalue weighted by molar-refractivity contribution is -0.156. The molecule has 1 amide bonds. The molecule has 1 heterocycles. The average Bonchev–Trinajstić information content (AvgIpc) is 3.13. The first kappa shape index (κ1) is 24.8. The van der Waals surface area contributed by atoms with Crippen molar-refractivity contribution in [3.63, 3.8) is 0 Å². The first-order valence-corrected chi connectivity index (χ1v) is 12.2. The lowest BCUT2D eigenvalue weighted by Crippen LogP contribution is -2.45. The molecular weight excluding hydrogens is 422 g/mol. The number of sulfone groups is 1. The molecule has 0 spiro atoms. The van der Waals surface area contributed by atoms with Gasteiger partial charge < -0.3 is 14.7 Å². The average molecular weight is 454 g/mol. The lowest BCUT2D eigenvalue weighted by Gasteiger charge is -2.27. The van der Waals surface area contributed by atoms with Crippen LogP contribution >= 0.6 is 0 Å². The Morgan fingerprint density at radius 2 is 1.84 bits per heavy atom. The number of benzene rings is 1. The van der Waals surface area contributed by atoms with Crippen LogP contribution in [0.3, 0.4) is 0 Å². The molecule has 8 nitrogen and oxygen atoms in total. The number of carboxylic acid groups (broad SMARTS) is 1. The number of hydrogen-bond donors (Lipinski definition) is 1. The predicted octanol–water partition coefficient (Wildman–Crippen LogP) is 2.42. The standard InChI is InChI=1S/C22H31NO7S/c1-22(2,3)30-19(24)12-11-17(20(25)23-13-7-10-18(23)21(26)27)15-31(28,29)14-16-8-5-4-6-9-16/h4-6,8-9,17-18H,7,10-15H2,1-3H3,(H,26,27)/t17-,18-/m0/s1. The number of likely N-dealkylation sites (tertiary alicyclic amines) is 1. The topological polar surface area (TPSA) is 118 Å². The summed E-state index contributed by atoms with van der Waals surface area (Å²) in [5, 5.41) is 9.40. The molecule has 172 valence electrons. The third kappa shape index (κ3) is 7.97. The van der Waals surface area contributed by atoms with Gasteiger partial charge in [0.25, 0.3) is 0 Å². The van der Waals surface area contributed by atoms with Gasteiger partial charge in [-0.2, -0.15) is 0 Å². The highest BCUT2D eigenvalue weighted by Crippen LogP contribution is 2.24. The van der Waals surface area contributed by atoms with E-state index in [4.69, 9.17) is 4.74 Å². The van der Waals surface area contributed by atoms with Crippen LogP contribution in [-0.4, -0.2) is 60.2 Å². The summed E-state index contributed by atoms with van der Waals surface area (Å²) in [5.74, 6) is -3.86. The maximum Gasteiger partial charge on any atom is 0.326 e. The molecule has 0 radical (unpaired) electrons. The summed E-state index contributed by atoms with van der Waals surface area (Å²) in [5.41, 5.74) is -0.0929. The van der Waals surface area contributed by atoms with Crippen LogP contribution in [-0.2, 0) is 34.7 Å². The fourth-order valence-electron chi connectivity index (χ4n) is 3.68. The van der Waals surface area contributed by atoms with Gasteiger partial charge in [-0.05, 0) is 45.6 Å². The van der Waals surface area contributed by atoms with Crippen LogP contribution in [0.1, 0.15) is 52.0 Å². The minimum atomic E-state index is -3.68. The highest BCUT2D eigenvalue weighted by Gasteiger charge is 2.38. The third-order valence-electron chi connectivity index (χ3n) is 4.97. The zero-order valence-electron chi connectivity index (χ0n) is 18.2. The molecule has 2 atom stereocenters. The van der Waals surface area contributed by atoms with Crippen LogP contribution in [0.4, 0.5) is 0 Å². The monoisotopic (exact) mass is 453 g/mol. The Morgan fingerprint density at radius 1 is 1.19 bits per heavy atom. The summed E-state index contributed by atoms with van der Waals surface area (Å²) in [4.78, 5) is 38.0. The summed E-state index contributed by atoms with van der Waals surface area (Å²) in [6.45, 7) is 5.43. The fraction of sp³-hybridized carbons (Fsp3) is 0.591. The highest BCUT2D eigenvalue weighted by atomic mass is 32.2. The molecular formula is C22H31NO7S. The molecule has 1 aliphatic rings. The van der Waals surface area contributed by atoms with E-state index in [2.05, 4.69) is 0 Å². The molecule has 1 N–H and O–H groups in total. The number of hydrogen-bond acceptors (Lipinski definition) is 6. The van der Waals surface area contributed by atoms with E-state index in [0.29, 0.717) is 18.4 Å². The van der Waals surface area contributed by atoms with Crippen LogP contribution in [0.25, 0.3) is 0 Å². The number of nitrogens with zero attached hydrogens (tertiary/aromatic N) is 1. The summed E-state index contributed by atoms with van der Waals surface area (Å²) in [6, 6.07) is 7.66. The van der Waals surface area contributed by atoms with E-state index in [1.165, 1.54) is 4.90 Å². The maximum atomic E-state index is 13.1. The van der Waals surface area contributed by atoms with Gasteiger partial charge in [0.1, 0.15) is 11.6 Å². The van der Waals surface area contributed by atoms with Gasteiger partial charge in [-0.15, -0.1) is 0 Å². The molecule has 0 aromatic heterocycles. The number of amides is 1. The zero-order chi connectivity index (χ0) is 23.2. The second-order valence-electron chi connectivity index (χ2n) is 8.89. The molecule has 0 bridgehead atoms. The zero-order valence-corrected chi connectivity index (χ0v) is 19.1. The Hall–Kier alpha value is -2.42. The minimum Gasteiger partial charge on any atom is -0.480 e. The van der Waals surface area contributed by atoms with Crippen molar-refractivity contribution < 1.29 is 32.6 Å². The van der Waals surface area contributed by atoms with Crippen molar-refractivity contribution in [3.05, 3.63) is 35.9 Å². The molecule has 1 aliphatic heterocycles.